The average Bonchev–Trinajstić information content (AvgIpc) is 2.15. The molecule has 0 heterocycles. The van der Waals surface area contributed by atoms with E-state index in [1.807, 2.05) is 0 Å². The normalized spacial score (nSPS) is 19.2. The Bertz CT molecular complexity index is 308. The SMILES string of the molecule is COP(C)(=O)OC(O)C(C)OC(=O)C(C)(C)C. The zero-order valence-electron chi connectivity index (χ0n) is 11.1. The molecule has 0 radical (unpaired) electrons. The maximum absolute atomic E-state index is 11.5. The van der Waals surface area contributed by atoms with E-state index in [0.717, 1.165) is 0 Å². The minimum atomic E-state index is -3.31. The first kappa shape index (κ1) is 16.6. The van der Waals surface area contributed by atoms with Gasteiger partial charge in [0.05, 0.1) is 5.41 Å². The maximum Gasteiger partial charge on any atom is 0.329 e. The Hall–Kier alpha value is -0.420. The second kappa shape index (κ2) is 5.96. The Balaban J connectivity index is 4.39. The molecule has 0 aromatic rings. The maximum atomic E-state index is 11.5. The molecule has 0 bridgehead atoms. The Kier molecular flexibility index (Phi) is 5.81. The van der Waals surface area contributed by atoms with Crippen LogP contribution in [0.5, 0.6) is 0 Å². The number of hydrogen-bond donors (Lipinski definition) is 1. The van der Waals surface area contributed by atoms with Crippen LogP contribution in [0.3, 0.4) is 0 Å². The standard InChI is InChI=1S/C10H21O6P/c1-7(15-9(12)10(2,3)4)8(11)16-17(6,13)14-5/h7-8,11H,1-6H3. The lowest BCUT2D eigenvalue weighted by Crippen LogP contribution is -2.34. The molecule has 7 heteroatoms. The van der Waals surface area contributed by atoms with Gasteiger partial charge in [0.2, 0.25) is 6.29 Å². The molecule has 0 spiro atoms. The highest BCUT2D eigenvalue weighted by molar-refractivity contribution is 7.52. The Morgan fingerprint density at radius 3 is 2.18 bits per heavy atom. The van der Waals surface area contributed by atoms with Crippen molar-refractivity contribution in [3.8, 4) is 0 Å². The van der Waals surface area contributed by atoms with Crippen LogP contribution in [0.2, 0.25) is 0 Å². The number of rotatable bonds is 5. The first-order chi connectivity index (χ1) is 7.49. The van der Waals surface area contributed by atoms with Gasteiger partial charge in [-0.05, 0) is 27.7 Å². The molecular formula is C10H21O6P. The molecule has 3 atom stereocenters. The van der Waals surface area contributed by atoms with Gasteiger partial charge in [-0.3, -0.25) is 13.9 Å². The van der Waals surface area contributed by atoms with Crippen LogP contribution < -0.4 is 0 Å². The molecule has 0 saturated heterocycles. The summed E-state index contributed by atoms with van der Waals surface area (Å²) in [7, 11) is -2.10. The third kappa shape index (κ3) is 6.17. The summed E-state index contributed by atoms with van der Waals surface area (Å²) < 4.78 is 25.7. The number of carbonyl (C=O) groups excluding carboxylic acids is 1. The van der Waals surface area contributed by atoms with E-state index in [2.05, 4.69) is 4.52 Å². The van der Waals surface area contributed by atoms with E-state index in [0.29, 0.717) is 0 Å². The highest BCUT2D eigenvalue weighted by Crippen LogP contribution is 2.44. The summed E-state index contributed by atoms with van der Waals surface area (Å²) in [6, 6.07) is 0. The van der Waals surface area contributed by atoms with Gasteiger partial charge < -0.3 is 14.4 Å². The van der Waals surface area contributed by atoms with Gasteiger partial charge in [-0.15, -0.1) is 0 Å². The third-order valence-electron chi connectivity index (χ3n) is 1.94. The fourth-order valence-corrected chi connectivity index (χ4v) is 1.38. The van der Waals surface area contributed by atoms with Crippen molar-refractivity contribution in [2.24, 2.45) is 5.41 Å². The van der Waals surface area contributed by atoms with Crippen molar-refractivity contribution in [1.82, 2.24) is 0 Å². The van der Waals surface area contributed by atoms with Crippen LogP contribution in [-0.2, 0) is 23.1 Å². The molecule has 0 amide bonds. The molecule has 1 N–H and O–H groups in total. The Morgan fingerprint density at radius 2 is 1.82 bits per heavy atom. The van der Waals surface area contributed by atoms with E-state index in [9.17, 15) is 14.5 Å². The number of hydrogen-bond acceptors (Lipinski definition) is 6. The minimum absolute atomic E-state index is 0.476. The lowest BCUT2D eigenvalue weighted by Gasteiger charge is -2.25. The van der Waals surface area contributed by atoms with E-state index >= 15 is 0 Å². The van der Waals surface area contributed by atoms with Crippen LogP contribution in [0, 0.1) is 5.41 Å². The number of aliphatic hydroxyl groups is 1. The van der Waals surface area contributed by atoms with Crippen molar-refractivity contribution in [1.29, 1.82) is 0 Å². The largest absolute Gasteiger partial charge is 0.457 e. The van der Waals surface area contributed by atoms with Gasteiger partial charge in [0.25, 0.3) is 0 Å². The van der Waals surface area contributed by atoms with Gasteiger partial charge in [0.15, 0.2) is 0 Å². The van der Waals surface area contributed by atoms with Gasteiger partial charge in [-0.25, -0.2) is 0 Å². The second-order valence-corrected chi connectivity index (χ2v) is 6.93. The quantitative estimate of drug-likeness (QED) is 0.465. The van der Waals surface area contributed by atoms with Crippen molar-refractivity contribution in [2.75, 3.05) is 13.8 Å². The van der Waals surface area contributed by atoms with Gasteiger partial charge in [-0.1, -0.05) is 0 Å². The summed E-state index contributed by atoms with van der Waals surface area (Å²) in [6.45, 7) is 7.73. The number of carbonyl (C=O) groups is 1. The third-order valence-corrected chi connectivity index (χ3v) is 3.20. The van der Waals surface area contributed by atoms with Crippen molar-refractivity contribution in [3.63, 3.8) is 0 Å². The van der Waals surface area contributed by atoms with E-state index in [1.165, 1.54) is 20.7 Å². The molecule has 0 fully saturated rings. The molecule has 0 rings (SSSR count). The summed E-state index contributed by atoms with van der Waals surface area (Å²) in [4.78, 5) is 11.5. The predicted molar refractivity (Wildman–Crippen MR) is 62.6 cm³/mol. The molecule has 102 valence electrons. The lowest BCUT2D eigenvalue weighted by atomic mass is 9.97. The molecule has 3 unspecified atom stereocenters. The number of esters is 1. The zero-order valence-corrected chi connectivity index (χ0v) is 12.0. The van der Waals surface area contributed by atoms with Crippen molar-refractivity contribution in [2.45, 2.75) is 40.1 Å². The second-order valence-electron chi connectivity index (χ2n) is 4.81. The average molecular weight is 268 g/mol. The van der Waals surface area contributed by atoms with Crippen LogP contribution in [0.4, 0.5) is 0 Å². The Morgan fingerprint density at radius 1 is 1.35 bits per heavy atom. The smallest absolute Gasteiger partial charge is 0.329 e. The number of ether oxygens (including phenoxy) is 1. The fourth-order valence-electron chi connectivity index (χ4n) is 0.729. The monoisotopic (exact) mass is 268 g/mol. The van der Waals surface area contributed by atoms with Crippen LogP contribution in [-0.4, -0.2) is 37.2 Å². The number of aliphatic hydroxyl groups excluding tert-OH is 1. The molecule has 0 aromatic heterocycles. The van der Waals surface area contributed by atoms with Crippen LogP contribution in [0.25, 0.3) is 0 Å². The minimum Gasteiger partial charge on any atom is -0.457 e. The van der Waals surface area contributed by atoms with E-state index < -0.39 is 31.4 Å². The predicted octanol–water partition coefficient (Wildman–Crippen LogP) is 1.77. The summed E-state index contributed by atoms with van der Waals surface area (Å²) in [5.41, 5.74) is -0.675. The topological polar surface area (TPSA) is 82.1 Å². The van der Waals surface area contributed by atoms with E-state index in [1.54, 1.807) is 20.8 Å². The molecular weight excluding hydrogens is 247 g/mol. The van der Waals surface area contributed by atoms with E-state index in [4.69, 9.17) is 9.26 Å². The zero-order chi connectivity index (χ0) is 13.9. The van der Waals surface area contributed by atoms with Crippen molar-refractivity contribution < 1.29 is 28.3 Å². The van der Waals surface area contributed by atoms with Gasteiger partial charge >= 0.3 is 13.6 Å². The van der Waals surface area contributed by atoms with Crippen LogP contribution in [0.1, 0.15) is 27.7 Å². The molecule has 17 heavy (non-hydrogen) atoms. The summed E-state index contributed by atoms with van der Waals surface area (Å²) in [6.07, 6.45) is -2.41. The van der Waals surface area contributed by atoms with Gasteiger partial charge in [-0.2, -0.15) is 0 Å². The van der Waals surface area contributed by atoms with Crippen LogP contribution in [0.15, 0.2) is 0 Å². The van der Waals surface area contributed by atoms with Crippen LogP contribution >= 0.6 is 7.60 Å². The molecule has 0 aliphatic heterocycles. The fraction of sp³-hybridized carbons (Fsp3) is 0.900. The van der Waals surface area contributed by atoms with E-state index in [-0.39, 0.29) is 0 Å². The van der Waals surface area contributed by atoms with Crippen molar-refractivity contribution in [3.05, 3.63) is 0 Å². The highest BCUT2D eigenvalue weighted by atomic mass is 31.2. The summed E-state index contributed by atoms with van der Waals surface area (Å²) in [5, 5.41) is 9.55. The summed E-state index contributed by atoms with van der Waals surface area (Å²) >= 11 is 0. The van der Waals surface area contributed by atoms with Crippen molar-refractivity contribution >= 4 is 13.6 Å². The summed E-state index contributed by atoms with van der Waals surface area (Å²) in [5.74, 6) is -0.476. The molecule has 6 nitrogen and oxygen atoms in total. The molecule has 0 aliphatic rings. The van der Waals surface area contributed by atoms with Gasteiger partial charge in [0.1, 0.15) is 6.10 Å². The molecule has 0 aliphatic carbocycles. The Labute approximate surface area is 102 Å². The lowest BCUT2D eigenvalue weighted by molar-refractivity contribution is -0.176. The molecule has 0 saturated carbocycles. The highest BCUT2D eigenvalue weighted by Gasteiger charge is 2.30. The first-order valence-electron chi connectivity index (χ1n) is 5.20. The molecule has 0 aromatic carbocycles. The first-order valence-corrected chi connectivity index (χ1v) is 7.19. The van der Waals surface area contributed by atoms with Gasteiger partial charge in [0, 0.05) is 13.8 Å².